The van der Waals surface area contributed by atoms with Gasteiger partial charge in [0.05, 0.1) is 31.4 Å². The number of nitrogens with one attached hydrogen (secondary N) is 2. The average molecular weight is 276 g/mol. The Bertz CT molecular complexity index is 619. The minimum absolute atomic E-state index is 0.108. The highest BCUT2D eigenvalue weighted by atomic mass is 16.6. The second-order valence-electron chi connectivity index (χ2n) is 4.65. The molecular formula is C13H16N4O3. The van der Waals surface area contributed by atoms with Crippen molar-refractivity contribution in [2.24, 2.45) is 0 Å². The van der Waals surface area contributed by atoms with Crippen LogP contribution in [0.1, 0.15) is 10.5 Å². The van der Waals surface area contributed by atoms with Gasteiger partial charge in [-0.2, -0.15) is 5.10 Å². The third-order valence-corrected chi connectivity index (χ3v) is 3.18. The van der Waals surface area contributed by atoms with Gasteiger partial charge < -0.3 is 20.5 Å². The first-order valence-corrected chi connectivity index (χ1v) is 6.45. The van der Waals surface area contributed by atoms with Crippen molar-refractivity contribution >= 4 is 22.5 Å². The number of benzene rings is 1. The molecule has 7 nitrogen and oxygen atoms in total. The Morgan fingerprint density at radius 2 is 2.40 bits per heavy atom. The van der Waals surface area contributed by atoms with Gasteiger partial charge in [0.25, 0.3) is 5.91 Å². The van der Waals surface area contributed by atoms with Gasteiger partial charge in [-0.15, -0.1) is 0 Å². The molecule has 1 fully saturated rings. The molecular weight excluding hydrogens is 260 g/mol. The molecule has 0 bridgehead atoms. The second kappa shape index (κ2) is 5.48. The summed E-state index contributed by atoms with van der Waals surface area (Å²) in [5.41, 5.74) is 7.44. The molecule has 3 rings (SSSR count). The van der Waals surface area contributed by atoms with Crippen LogP contribution in [0.2, 0.25) is 0 Å². The molecule has 0 aliphatic carbocycles. The summed E-state index contributed by atoms with van der Waals surface area (Å²) in [6.45, 7) is 2.06. The largest absolute Gasteiger partial charge is 0.399 e. The van der Waals surface area contributed by atoms with Gasteiger partial charge in [-0.05, 0) is 18.2 Å². The second-order valence-corrected chi connectivity index (χ2v) is 4.65. The van der Waals surface area contributed by atoms with E-state index in [1.165, 1.54) is 0 Å². The lowest BCUT2D eigenvalue weighted by Gasteiger charge is -2.22. The summed E-state index contributed by atoms with van der Waals surface area (Å²) >= 11 is 0. The Labute approximate surface area is 115 Å². The summed E-state index contributed by atoms with van der Waals surface area (Å²) in [5.74, 6) is -0.254. The quantitative estimate of drug-likeness (QED) is 0.699. The van der Waals surface area contributed by atoms with E-state index in [1.807, 2.05) is 0 Å². The van der Waals surface area contributed by atoms with E-state index in [9.17, 15) is 4.79 Å². The Morgan fingerprint density at radius 3 is 3.20 bits per heavy atom. The Balaban J connectivity index is 1.70. The molecule has 1 aromatic carbocycles. The Kier molecular flexibility index (Phi) is 3.53. The normalized spacial score (nSPS) is 19.1. The SMILES string of the molecule is Nc1ccc2[nH]nc(C(=O)NCC3COCCO3)c2c1. The monoisotopic (exact) mass is 276 g/mol. The lowest BCUT2D eigenvalue weighted by Crippen LogP contribution is -2.39. The van der Waals surface area contributed by atoms with Crippen molar-refractivity contribution < 1.29 is 14.3 Å². The molecule has 0 saturated carbocycles. The lowest BCUT2D eigenvalue weighted by atomic mass is 10.2. The van der Waals surface area contributed by atoms with Crippen LogP contribution in [0, 0.1) is 0 Å². The molecule has 0 spiro atoms. The van der Waals surface area contributed by atoms with E-state index < -0.39 is 0 Å². The number of nitrogens with two attached hydrogens (primary N) is 1. The van der Waals surface area contributed by atoms with Crippen LogP contribution < -0.4 is 11.1 Å². The van der Waals surface area contributed by atoms with E-state index in [0.29, 0.717) is 43.1 Å². The zero-order chi connectivity index (χ0) is 13.9. The average Bonchev–Trinajstić information content (AvgIpc) is 2.89. The number of aromatic amines is 1. The third-order valence-electron chi connectivity index (χ3n) is 3.18. The number of carbonyl (C=O) groups excluding carboxylic acids is 1. The molecule has 1 unspecified atom stereocenters. The highest BCUT2D eigenvalue weighted by molar-refractivity contribution is 6.05. The van der Waals surface area contributed by atoms with Gasteiger partial charge in [0.15, 0.2) is 5.69 Å². The van der Waals surface area contributed by atoms with Crippen LogP contribution in [0.3, 0.4) is 0 Å². The molecule has 1 saturated heterocycles. The van der Waals surface area contributed by atoms with E-state index in [0.717, 1.165) is 5.52 Å². The number of fused-ring (bicyclic) bond motifs is 1. The molecule has 1 aromatic heterocycles. The highest BCUT2D eigenvalue weighted by Gasteiger charge is 2.18. The standard InChI is InChI=1S/C13H16N4O3/c14-8-1-2-11-10(5-8)12(17-16-11)13(18)15-6-9-7-19-3-4-20-9/h1-2,5,9H,3-4,6-7,14H2,(H,15,18)(H,16,17). The van der Waals surface area contributed by atoms with E-state index in [1.54, 1.807) is 18.2 Å². The number of H-pyrrole nitrogens is 1. The third kappa shape index (κ3) is 2.59. The molecule has 0 radical (unpaired) electrons. The Hall–Kier alpha value is -2.12. The van der Waals surface area contributed by atoms with Crippen LogP contribution in [0.25, 0.3) is 10.9 Å². The number of amides is 1. The fourth-order valence-corrected chi connectivity index (χ4v) is 2.15. The van der Waals surface area contributed by atoms with Gasteiger partial charge in [0.1, 0.15) is 0 Å². The molecule has 1 atom stereocenters. The van der Waals surface area contributed by atoms with E-state index in [2.05, 4.69) is 15.5 Å². The van der Waals surface area contributed by atoms with Crippen molar-refractivity contribution in [3.63, 3.8) is 0 Å². The topological polar surface area (TPSA) is 102 Å². The predicted molar refractivity (Wildman–Crippen MR) is 73.4 cm³/mol. The van der Waals surface area contributed by atoms with Gasteiger partial charge in [0.2, 0.25) is 0 Å². The van der Waals surface area contributed by atoms with Gasteiger partial charge in [-0.25, -0.2) is 0 Å². The molecule has 7 heteroatoms. The number of hydrogen-bond acceptors (Lipinski definition) is 5. The van der Waals surface area contributed by atoms with Crippen LogP contribution in [0.5, 0.6) is 0 Å². The number of hydrogen-bond donors (Lipinski definition) is 3. The number of ether oxygens (including phenoxy) is 2. The fourth-order valence-electron chi connectivity index (χ4n) is 2.15. The summed E-state index contributed by atoms with van der Waals surface area (Å²) in [7, 11) is 0. The van der Waals surface area contributed by atoms with Gasteiger partial charge in [-0.1, -0.05) is 0 Å². The molecule has 1 aliphatic rings. The minimum Gasteiger partial charge on any atom is -0.399 e. The first-order valence-electron chi connectivity index (χ1n) is 6.45. The molecule has 106 valence electrons. The molecule has 1 aliphatic heterocycles. The molecule has 20 heavy (non-hydrogen) atoms. The maximum atomic E-state index is 12.1. The molecule has 1 amide bonds. The summed E-state index contributed by atoms with van der Waals surface area (Å²) < 4.78 is 10.7. The number of nitrogens with zero attached hydrogens (tertiary/aromatic N) is 1. The van der Waals surface area contributed by atoms with Crippen LogP contribution >= 0.6 is 0 Å². The van der Waals surface area contributed by atoms with Crippen molar-refractivity contribution in [3.8, 4) is 0 Å². The minimum atomic E-state index is -0.254. The summed E-state index contributed by atoms with van der Waals surface area (Å²) in [5, 5.41) is 10.4. The van der Waals surface area contributed by atoms with Crippen LogP contribution in [-0.4, -0.2) is 48.6 Å². The maximum absolute atomic E-state index is 12.1. The zero-order valence-electron chi connectivity index (χ0n) is 10.9. The number of carbonyl (C=O) groups is 1. The number of aromatic nitrogens is 2. The van der Waals surface area contributed by atoms with Crippen LogP contribution in [0.15, 0.2) is 18.2 Å². The predicted octanol–water partition coefficient (Wildman–Crippen LogP) is 0.290. The van der Waals surface area contributed by atoms with E-state index in [4.69, 9.17) is 15.2 Å². The maximum Gasteiger partial charge on any atom is 0.272 e. The van der Waals surface area contributed by atoms with Crippen LogP contribution in [0.4, 0.5) is 5.69 Å². The van der Waals surface area contributed by atoms with E-state index >= 15 is 0 Å². The lowest BCUT2D eigenvalue weighted by molar-refractivity contribution is -0.0855. The summed E-state index contributed by atoms with van der Waals surface area (Å²) in [6, 6.07) is 5.29. The molecule has 2 heterocycles. The Morgan fingerprint density at radius 1 is 1.50 bits per heavy atom. The molecule has 4 N–H and O–H groups in total. The van der Waals surface area contributed by atoms with Gasteiger partial charge in [0, 0.05) is 17.6 Å². The molecule has 2 aromatic rings. The van der Waals surface area contributed by atoms with Crippen molar-refractivity contribution in [1.29, 1.82) is 0 Å². The number of rotatable bonds is 3. The number of anilines is 1. The van der Waals surface area contributed by atoms with Crippen molar-refractivity contribution in [2.75, 3.05) is 32.1 Å². The van der Waals surface area contributed by atoms with Gasteiger partial charge >= 0.3 is 0 Å². The van der Waals surface area contributed by atoms with Crippen molar-refractivity contribution in [2.45, 2.75) is 6.10 Å². The van der Waals surface area contributed by atoms with Crippen molar-refractivity contribution in [1.82, 2.24) is 15.5 Å². The summed E-state index contributed by atoms with van der Waals surface area (Å²) in [4.78, 5) is 12.1. The fraction of sp³-hybridized carbons (Fsp3) is 0.385. The summed E-state index contributed by atoms with van der Waals surface area (Å²) in [6.07, 6.45) is -0.108. The van der Waals surface area contributed by atoms with E-state index in [-0.39, 0.29) is 12.0 Å². The first-order chi connectivity index (χ1) is 9.74. The smallest absolute Gasteiger partial charge is 0.272 e. The van der Waals surface area contributed by atoms with Crippen LogP contribution in [-0.2, 0) is 9.47 Å². The zero-order valence-corrected chi connectivity index (χ0v) is 10.9. The highest BCUT2D eigenvalue weighted by Crippen LogP contribution is 2.18. The first kappa shape index (κ1) is 12.9. The van der Waals surface area contributed by atoms with Crippen molar-refractivity contribution in [3.05, 3.63) is 23.9 Å². The van der Waals surface area contributed by atoms with Gasteiger partial charge in [-0.3, -0.25) is 9.89 Å². The number of nitrogen functional groups attached to an aromatic ring is 1.